The molecule has 2 atom stereocenters. The van der Waals surface area contributed by atoms with Gasteiger partial charge in [0.2, 0.25) is 10.0 Å². The Kier molecular flexibility index (Phi) is 5.85. The van der Waals surface area contributed by atoms with Crippen molar-refractivity contribution in [3.63, 3.8) is 0 Å². The quantitative estimate of drug-likeness (QED) is 0.423. The van der Waals surface area contributed by atoms with E-state index in [9.17, 15) is 13.2 Å². The lowest BCUT2D eigenvalue weighted by atomic mass is 9.96. The summed E-state index contributed by atoms with van der Waals surface area (Å²) in [5.74, 6) is 1.78. The van der Waals surface area contributed by atoms with Gasteiger partial charge in [0.1, 0.15) is 12.1 Å². The van der Waals surface area contributed by atoms with Gasteiger partial charge in [-0.3, -0.25) is 4.72 Å². The Morgan fingerprint density at radius 1 is 1.21 bits per heavy atom. The molecule has 1 saturated heterocycles. The molecule has 0 bridgehead atoms. The lowest BCUT2D eigenvalue weighted by molar-refractivity contribution is -0.109. The first-order chi connectivity index (χ1) is 16.3. The summed E-state index contributed by atoms with van der Waals surface area (Å²) in [7, 11) is -1.29. The number of hydrogen-bond donors (Lipinski definition) is 3. The van der Waals surface area contributed by atoms with E-state index in [1.807, 2.05) is 24.4 Å². The van der Waals surface area contributed by atoms with Gasteiger partial charge in [0.25, 0.3) is 0 Å². The number of carbonyl (C=O) groups is 1. The number of aldehydes is 1. The van der Waals surface area contributed by atoms with E-state index in [1.165, 1.54) is 12.8 Å². The first-order valence-electron chi connectivity index (χ1n) is 11.6. The van der Waals surface area contributed by atoms with Crippen molar-refractivity contribution in [3.8, 4) is 0 Å². The number of rotatable bonds is 8. The van der Waals surface area contributed by atoms with Crippen LogP contribution in [0.3, 0.4) is 0 Å². The summed E-state index contributed by atoms with van der Waals surface area (Å²) in [5, 5.41) is 4.45. The number of nitrogens with zero attached hydrogens (tertiary/aromatic N) is 3. The first kappa shape index (κ1) is 22.5. The average molecular weight is 483 g/mol. The molecule has 3 heterocycles. The van der Waals surface area contributed by atoms with E-state index in [-0.39, 0.29) is 12.1 Å². The third kappa shape index (κ3) is 4.82. The van der Waals surface area contributed by atoms with E-state index in [0.29, 0.717) is 18.2 Å². The fourth-order valence-electron chi connectivity index (χ4n) is 4.72. The Labute approximate surface area is 199 Å². The second kappa shape index (κ2) is 8.83. The number of nitrogens with one attached hydrogen (secondary N) is 3. The lowest BCUT2D eigenvalue weighted by Crippen LogP contribution is -2.50. The van der Waals surface area contributed by atoms with Crippen LogP contribution in [0.15, 0.2) is 42.6 Å². The Balaban J connectivity index is 1.33. The highest BCUT2D eigenvalue weighted by molar-refractivity contribution is 7.92. The monoisotopic (exact) mass is 482 g/mol. The number of piperidine rings is 1. The third-order valence-electron chi connectivity index (χ3n) is 6.60. The molecule has 180 valence electrons. The minimum absolute atomic E-state index is 0.191. The Bertz CT molecular complexity index is 1300. The van der Waals surface area contributed by atoms with Gasteiger partial charge in [-0.15, -0.1) is 0 Å². The maximum Gasteiger partial charge on any atom is 0.229 e. The minimum Gasteiger partial charge on any atom is -0.379 e. The topological polar surface area (TPSA) is 110 Å². The molecule has 0 spiro atoms. The molecule has 1 aromatic carbocycles. The van der Waals surface area contributed by atoms with E-state index in [2.05, 4.69) is 42.9 Å². The highest BCUT2D eigenvalue weighted by atomic mass is 32.2. The number of benzene rings is 1. The predicted molar refractivity (Wildman–Crippen MR) is 136 cm³/mol. The molecule has 10 heteroatoms. The molecule has 1 aliphatic carbocycles. The van der Waals surface area contributed by atoms with Crippen LogP contribution in [-0.4, -0.2) is 62.6 Å². The number of pyridine rings is 1. The van der Waals surface area contributed by atoms with Crippen LogP contribution >= 0.6 is 0 Å². The molecule has 2 aliphatic rings. The van der Waals surface area contributed by atoms with Crippen LogP contribution < -0.4 is 19.8 Å². The van der Waals surface area contributed by atoms with Gasteiger partial charge in [-0.25, -0.2) is 13.4 Å². The van der Waals surface area contributed by atoms with Gasteiger partial charge in [-0.2, -0.15) is 0 Å². The number of aromatic amines is 1. The predicted octanol–water partition coefficient (Wildman–Crippen LogP) is 3.18. The summed E-state index contributed by atoms with van der Waals surface area (Å²) in [5.41, 5.74) is 2.45. The molecular formula is C24H30N6O3S. The van der Waals surface area contributed by atoms with Crippen LogP contribution in [-0.2, 0) is 14.8 Å². The Hall–Kier alpha value is -3.27. The zero-order chi connectivity index (χ0) is 23.9. The number of carbonyl (C=O) groups excluding carboxylic acids is 1. The Morgan fingerprint density at radius 3 is 2.76 bits per heavy atom. The molecule has 3 aromatic rings. The lowest BCUT2D eigenvalue weighted by Gasteiger charge is -2.41. The molecule has 9 nitrogen and oxygen atoms in total. The van der Waals surface area contributed by atoms with E-state index >= 15 is 0 Å². The molecule has 0 amide bonds. The number of sulfonamides is 1. The van der Waals surface area contributed by atoms with Crippen LogP contribution in [0.4, 0.5) is 23.0 Å². The molecule has 2 unspecified atom stereocenters. The largest absolute Gasteiger partial charge is 0.379 e. The third-order valence-corrected chi connectivity index (χ3v) is 7.21. The van der Waals surface area contributed by atoms with Crippen LogP contribution in [0.5, 0.6) is 0 Å². The standard InChI is InChI=1S/C24H30N6O3S/c1-29(24-22(4-3-10-25-24)26-17-5-6-17)19-9-11-30(20(14-19)15-31)23-13-16-12-18(28-34(2,32)33)7-8-21(16)27-23/h3-4,7-8,10,12-13,15,17,19-20,26-28H,5-6,9,11,14H2,1-2H3. The number of anilines is 4. The zero-order valence-corrected chi connectivity index (χ0v) is 20.2. The van der Waals surface area contributed by atoms with Gasteiger partial charge in [-0.1, -0.05) is 0 Å². The summed E-state index contributed by atoms with van der Waals surface area (Å²) < 4.78 is 25.6. The molecule has 1 saturated carbocycles. The van der Waals surface area contributed by atoms with Gasteiger partial charge in [0.05, 0.1) is 18.0 Å². The summed E-state index contributed by atoms with van der Waals surface area (Å²) >= 11 is 0. The molecule has 5 rings (SSSR count). The second-order valence-electron chi connectivity index (χ2n) is 9.31. The summed E-state index contributed by atoms with van der Waals surface area (Å²) in [6, 6.07) is 11.8. The molecule has 2 aromatic heterocycles. The fraction of sp³-hybridized carbons (Fsp3) is 0.417. The number of hydrogen-bond acceptors (Lipinski definition) is 7. The number of aromatic nitrogens is 2. The van der Waals surface area contributed by atoms with Crippen molar-refractivity contribution < 1.29 is 13.2 Å². The summed E-state index contributed by atoms with van der Waals surface area (Å²) in [6.45, 7) is 0.720. The molecule has 3 N–H and O–H groups in total. The SMILES string of the molecule is CN(c1ncccc1NC1CC1)C1CCN(c2cc3cc(NS(C)(=O)=O)ccc3[nH]2)C(C=O)C1. The van der Waals surface area contributed by atoms with Crippen molar-refractivity contribution in [3.05, 3.63) is 42.6 Å². The van der Waals surface area contributed by atoms with E-state index < -0.39 is 10.0 Å². The maximum atomic E-state index is 12.1. The normalized spacial score (nSPS) is 20.8. The van der Waals surface area contributed by atoms with Gasteiger partial charge in [-0.05, 0) is 62.1 Å². The first-order valence-corrected chi connectivity index (χ1v) is 13.5. The minimum atomic E-state index is -3.35. The van der Waals surface area contributed by atoms with Crippen LogP contribution in [0.25, 0.3) is 10.9 Å². The summed E-state index contributed by atoms with van der Waals surface area (Å²) in [6.07, 6.45) is 7.93. The summed E-state index contributed by atoms with van der Waals surface area (Å²) in [4.78, 5) is 24.4. The average Bonchev–Trinajstić information content (AvgIpc) is 3.53. The zero-order valence-electron chi connectivity index (χ0n) is 19.4. The highest BCUT2D eigenvalue weighted by Crippen LogP contribution is 2.34. The van der Waals surface area contributed by atoms with Crippen LogP contribution in [0.1, 0.15) is 25.7 Å². The van der Waals surface area contributed by atoms with Gasteiger partial charge in [0.15, 0.2) is 5.82 Å². The van der Waals surface area contributed by atoms with Crippen LogP contribution in [0, 0.1) is 0 Å². The van der Waals surface area contributed by atoms with Crippen molar-refractivity contribution in [2.75, 3.05) is 39.7 Å². The molecular weight excluding hydrogens is 452 g/mol. The highest BCUT2D eigenvalue weighted by Gasteiger charge is 2.33. The maximum absolute atomic E-state index is 12.1. The molecule has 2 fully saturated rings. The number of fused-ring (bicyclic) bond motifs is 1. The van der Waals surface area contributed by atoms with E-state index in [1.54, 1.807) is 12.1 Å². The van der Waals surface area contributed by atoms with E-state index in [4.69, 9.17) is 0 Å². The number of H-pyrrole nitrogens is 1. The van der Waals surface area contributed by atoms with Gasteiger partial charge >= 0.3 is 0 Å². The van der Waals surface area contributed by atoms with Crippen LogP contribution in [0.2, 0.25) is 0 Å². The van der Waals surface area contributed by atoms with Crippen molar-refractivity contribution in [2.24, 2.45) is 0 Å². The molecule has 0 radical (unpaired) electrons. The fourth-order valence-corrected chi connectivity index (χ4v) is 5.27. The Morgan fingerprint density at radius 2 is 2.03 bits per heavy atom. The smallest absolute Gasteiger partial charge is 0.229 e. The molecule has 34 heavy (non-hydrogen) atoms. The van der Waals surface area contributed by atoms with Gasteiger partial charge < -0.3 is 24.9 Å². The molecule has 1 aliphatic heterocycles. The van der Waals surface area contributed by atoms with Gasteiger partial charge in [0, 0.05) is 48.5 Å². The van der Waals surface area contributed by atoms with Crippen molar-refractivity contribution in [1.82, 2.24) is 9.97 Å². The van der Waals surface area contributed by atoms with Crippen molar-refractivity contribution in [2.45, 2.75) is 43.8 Å². The van der Waals surface area contributed by atoms with Crippen molar-refractivity contribution >= 4 is 50.2 Å². The van der Waals surface area contributed by atoms with E-state index in [0.717, 1.165) is 53.7 Å². The second-order valence-corrected chi connectivity index (χ2v) is 11.1. The van der Waals surface area contributed by atoms with Crippen molar-refractivity contribution in [1.29, 1.82) is 0 Å².